The topological polar surface area (TPSA) is 78.6 Å². The van der Waals surface area contributed by atoms with Crippen molar-refractivity contribution in [3.8, 4) is 0 Å². The van der Waals surface area contributed by atoms with E-state index in [-0.39, 0.29) is 12.1 Å². The van der Waals surface area contributed by atoms with Crippen LogP contribution in [0.15, 0.2) is 28.3 Å². The van der Waals surface area contributed by atoms with Gasteiger partial charge in [-0.15, -0.1) is 11.3 Å². The van der Waals surface area contributed by atoms with E-state index in [4.69, 9.17) is 4.42 Å². The van der Waals surface area contributed by atoms with Crippen LogP contribution < -0.4 is 5.32 Å². The number of hydrogen-bond donors (Lipinski definition) is 2. The fourth-order valence-electron chi connectivity index (χ4n) is 2.96. The van der Waals surface area contributed by atoms with Crippen LogP contribution in [0, 0.1) is 6.92 Å². The Morgan fingerprint density at radius 2 is 2.52 bits per heavy atom. The van der Waals surface area contributed by atoms with Gasteiger partial charge in [-0.1, -0.05) is 6.07 Å². The third kappa shape index (κ3) is 3.73. The van der Waals surface area contributed by atoms with E-state index in [0.717, 1.165) is 35.7 Å². The molecular formula is C16H21N3O3S. The molecule has 0 spiro atoms. The van der Waals surface area contributed by atoms with E-state index in [0.29, 0.717) is 13.0 Å². The number of nitrogens with zero attached hydrogens (tertiary/aromatic N) is 2. The first-order chi connectivity index (χ1) is 11.1. The summed E-state index contributed by atoms with van der Waals surface area (Å²) < 4.78 is 5.13. The van der Waals surface area contributed by atoms with E-state index in [1.54, 1.807) is 11.3 Å². The molecule has 2 unspecified atom stereocenters. The van der Waals surface area contributed by atoms with Gasteiger partial charge in [0.1, 0.15) is 11.5 Å². The number of amides is 2. The predicted octanol–water partition coefficient (Wildman–Crippen LogP) is 2.84. The third-order valence-corrected chi connectivity index (χ3v) is 5.23. The average Bonchev–Trinajstić information content (AvgIpc) is 3.26. The average molecular weight is 335 g/mol. The van der Waals surface area contributed by atoms with Gasteiger partial charge in [-0.3, -0.25) is 0 Å². The summed E-state index contributed by atoms with van der Waals surface area (Å²) in [6.07, 6.45) is 3.35. The van der Waals surface area contributed by atoms with Crippen molar-refractivity contribution < 1.29 is 14.3 Å². The van der Waals surface area contributed by atoms with Crippen molar-refractivity contribution in [2.45, 2.75) is 44.9 Å². The highest BCUT2D eigenvalue weighted by Gasteiger charge is 2.30. The number of aliphatic hydroxyl groups is 1. The number of aliphatic hydroxyl groups excluding tert-OH is 1. The number of carbonyl (C=O) groups is 1. The molecule has 1 aliphatic rings. The monoisotopic (exact) mass is 335 g/mol. The summed E-state index contributed by atoms with van der Waals surface area (Å²) in [6.45, 7) is 2.91. The van der Waals surface area contributed by atoms with Gasteiger partial charge in [-0.05, 0) is 37.6 Å². The summed E-state index contributed by atoms with van der Waals surface area (Å²) in [4.78, 5) is 19.3. The van der Waals surface area contributed by atoms with Crippen LogP contribution in [0.1, 0.15) is 41.7 Å². The Morgan fingerprint density at radius 1 is 1.65 bits per heavy atom. The van der Waals surface area contributed by atoms with Crippen molar-refractivity contribution in [3.63, 3.8) is 0 Å². The minimum Gasteiger partial charge on any atom is -0.448 e. The molecule has 0 aliphatic carbocycles. The van der Waals surface area contributed by atoms with E-state index >= 15 is 0 Å². The first-order valence-electron chi connectivity index (χ1n) is 7.80. The van der Waals surface area contributed by atoms with Crippen LogP contribution in [0.2, 0.25) is 0 Å². The number of hydrogen-bond acceptors (Lipinski definition) is 5. The molecule has 2 aromatic rings. The van der Waals surface area contributed by atoms with E-state index in [1.807, 2.05) is 29.3 Å². The van der Waals surface area contributed by atoms with Gasteiger partial charge < -0.3 is 19.7 Å². The lowest BCUT2D eigenvalue weighted by molar-refractivity contribution is 0.128. The molecule has 2 N–H and O–H groups in total. The Balaban J connectivity index is 1.55. The van der Waals surface area contributed by atoms with Crippen LogP contribution in [-0.2, 0) is 6.54 Å². The fraction of sp³-hybridized carbons (Fsp3) is 0.500. The Bertz CT molecular complexity index is 641. The number of thiophene rings is 1. The maximum absolute atomic E-state index is 12.4. The van der Waals surface area contributed by atoms with Crippen molar-refractivity contribution in [3.05, 3.63) is 40.2 Å². The van der Waals surface area contributed by atoms with Crippen LogP contribution in [0.3, 0.4) is 0 Å². The molecule has 7 heteroatoms. The van der Waals surface area contributed by atoms with E-state index in [9.17, 15) is 9.90 Å². The number of urea groups is 1. The van der Waals surface area contributed by atoms with Gasteiger partial charge in [0.05, 0.1) is 12.6 Å². The van der Waals surface area contributed by atoms with Gasteiger partial charge in [0, 0.05) is 17.5 Å². The number of aromatic nitrogens is 1. The summed E-state index contributed by atoms with van der Waals surface area (Å²) in [5.74, 6) is 0.719. The van der Waals surface area contributed by atoms with Crippen molar-refractivity contribution in [2.75, 3.05) is 6.54 Å². The Kier molecular flexibility index (Phi) is 4.97. The van der Waals surface area contributed by atoms with Gasteiger partial charge in [0.15, 0.2) is 6.39 Å². The molecule has 6 nitrogen and oxygen atoms in total. The number of nitrogens with one attached hydrogen (secondary N) is 1. The SMILES string of the molecule is Cc1ocnc1CNC(=O)N1CCCC1CC(O)c1cccs1. The van der Waals surface area contributed by atoms with Crippen LogP contribution in [-0.4, -0.2) is 33.6 Å². The molecule has 0 bridgehead atoms. The standard InChI is InChI=1S/C16H21N3O3S/c1-11-13(18-10-22-11)9-17-16(21)19-6-2-4-12(19)8-14(20)15-5-3-7-23-15/h3,5,7,10,12,14,20H,2,4,6,8-9H2,1H3,(H,17,21). The molecule has 1 aliphatic heterocycles. The zero-order valence-corrected chi connectivity index (χ0v) is 13.9. The van der Waals surface area contributed by atoms with E-state index < -0.39 is 6.10 Å². The Hall–Kier alpha value is -1.86. The van der Waals surface area contributed by atoms with Crippen LogP contribution in [0.4, 0.5) is 4.79 Å². The van der Waals surface area contributed by atoms with Crippen molar-refractivity contribution in [2.24, 2.45) is 0 Å². The minimum atomic E-state index is -0.508. The number of oxazole rings is 1. The predicted molar refractivity (Wildman–Crippen MR) is 87.1 cm³/mol. The third-order valence-electron chi connectivity index (χ3n) is 4.26. The van der Waals surface area contributed by atoms with Gasteiger partial charge >= 0.3 is 6.03 Å². The zero-order chi connectivity index (χ0) is 16.2. The number of rotatable bonds is 5. The number of aryl methyl sites for hydroxylation is 1. The molecule has 3 heterocycles. The molecule has 0 saturated carbocycles. The van der Waals surface area contributed by atoms with Crippen molar-refractivity contribution >= 4 is 17.4 Å². The maximum atomic E-state index is 12.4. The Labute approximate surface area is 139 Å². The summed E-state index contributed by atoms with van der Waals surface area (Å²) in [6, 6.07) is 3.84. The molecule has 1 fully saturated rings. The van der Waals surface area contributed by atoms with Crippen LogP contribution in [0.25, 0.3) is 0 Å². The molecule has 1 saturated heterocycles. The molecular weight excluding hydrogens is 314 g/mol. The summed E-state index contributed by atoms with van der Waals surface area (Å²) >= 11 is 1.55. The lowest BCUT2D eigenvalue weighted by atomic mass is 10.1. The first-order valence-corrected chi connectivity index (χ1v) is 8.68. The molecule has 0 aromatic carbocycles. The second-order valence-electron chi connectivity index (χ2n) is 5.77. The normalized spacial score (nSPS) is 19.0. The first kappa shape index (κ1) is 16.0. The minimum absolute atomic E-state index is 0.0745. The van der Waals surface area contributed by atoms with E-state index in [2.05, 4.69) is 10.3 Å². The number of carbonyl (C=O) groups excluding carboxylic acids is 1. The lowest BCUT2D eigenvalue weighted by Crippen LogP contribution is -2.43. The number of likely N-dealkylation sites (tertiary alicyclic amines) is 1. The van der Waals surface area contributed by atoms with Gasteiger partial charge in [0.25, 0.3) is 0 Å². The largest absolute Gasteiger partial charge is 0.448 e. The smallest absolute Gasteiger partial charge is 0.317 e. The summed E-state index contributed by atoms with van der Waals surface area (Å²) in [5.41, 5.74) is 0.743. The molecule has 0 radical (unpaired) electrons. The van der Waals surface area contributed by atoms with E-state index in [1.165, 1.54) is 6.39 Å². The Morgan fingerprint density at radius 3 is 3.22 bits per heavy atom. The summed E-state index contributed by atoms with van der Waals surface area (Å²) in [7, 11) is 0. The zero-order valence-electron chi connectivity index (χ0n) is 13.1. The van der Waals surface area contributed by atoms with Gasteiger partial charge in [0.2, 0.25) is 0 Å². The highest BCUT2D eigenvalue weighted by molar-refractivity contribution is 7.10. The highest BCUT2D eigenvalue weighted by atomic mass is 32.1. The summed E-state index contributed by atoms with van der Waals surface area (Å²) in [5, 5.41) is 15.2. The van der Waals surface area contributed by atoms with Crippen LogP contribution in [0.5, 0.6) is 0 Å². The van der Waals surface area contributed by atoms with Crippen molar-refractivity contribution in [1.82, 2.24) is 15.2 Å². The lowest BCUT2D eigenvalue weighted by Gasteiger charge is -2.26. The molecule has 2 amide bonds. The fourth-order valence-corrected chi connectivity index (χ4v) is 3.69. The maximum Gasteiger partial charge on any atom is 0.317 e. The highest BCUT2D eigenvalue weighted by Crippen LogP contribution is 2.29. The van der Waals surface area contributed by atoms with Gasteiger partial charge in [-0.25, -0.2) is 9.78 Å². The molecule has 23 heavy (non-hydrogen) atoms. The molecule has 2 atom stereocenters. The van der Waals surface area contributed by atoms with Crippen molar-refractivity contribution in [1.29, 1.82) is 0 Å². The van der Waals surface area contributed by atoms with Crippen LogP contribution >= 0.6 is 11.3 Å². The molecule has 2 aromatic heterocycles. The molecule has 124 valence electrons. The second kappa shape index (κ2) is 7.14. The molecule has 3 rings (SSSR count). The second-order valence-corrected chi connectivity index (χ2v) is 6.75. The van der Waals surface area contributed by atoms with Gasteiger partial charge in [-0.2, -0.15) is 0 Å². The quantitative estimate of drug-likeness (QED) is 0.881.